The van der Waals surface area contributed by atoms with Crippen LogP contribution in [0, 0.1) is 22.6 Å². The maximum atomic E-state index is 14.2. The molecule has 0 heterocycles. The highest BCUT2D eigenvalue weighted by Crippen LogP contribution is 2.64. The minimum absolute atomic E-state index is 0.0535. The summed E-state index contributed by atoms with van der Waals surface area (Å²) >= 11 is 0. The van der Waals surface area contributed by atoms with E-state index in [9.17, 15) is 17.6 Å². The highest BCUT2D eigenvalue weighted by molar-refractivity contribution is 7.89. The molecule has 3 atom stereocenters. The first-order valence-corrected chi connectivity index (χ1v) is 10.9. The van der Waals surface area contributed by atoms with Crippen LogP contribution in [0.1, 0.15) is 45.6 Å². The number of halogens is 1. The van der Waals surface area contributed by atoms with Gasteiger partial charge in [0.25, 0.3) is 0 Å². The minimum atomic E-state index is -3.75. The number of carbonyl (C=O) groups excluding carboxylic acids is 1. The maximum Gasteiger partial charge on any atom is 0.212 e. The first-order chi connectivity index (χ1) is 12.5. The first-order valence-electron chi connectivity index (χ1n) is 9.28. The van der Waals surface area contributed by atoms with Crippen LogP contribution in [0.3, 0.4) is 0 Å². The fourth-order valence-electron chi connectivity index (χ4n) is 4.90. The van der Waals surface area contributed by atoms with E-state index in [2.05, 4.69) is 4.72 Å². The molecule has 2 bridgehead atoms. The number of fused-ring (bicyclic) bond motifs is 2. The summed E-state index contributed by atoms with van der Waals surface area (Å²) in [7, 11) is -2.33. The van der Waals surface area contributed by atoms with E-state index in [0.717, 1.165) is 6.42 Å². The molecule has 0 aliphatic heterocycles. The van der Waals surface area contributed by atoms with Crippen LogP contribution < -0.4 is 4.72 Å². The minimum Gasteiger partial charge on any atom is -0.372 e. The second-order valence-corrected chi connectivity index (χ2v) is 10.5. The normalized spacial score (nSPS) is 29.1. The zero-order valence-corrected chi connectivity index (χ0v) is 17.2. The van der Waals surface area contributed by atoms with Gasteiger partial charge in [-0.2, -0.15) is 0 Å². The molecular formula is C20H28FNO4S. The summed E-state index contributed by atoms with van der Waals surface area (Å²) < 4.78 is 48.0. The molecule has 0 radical (unpaired) electrons. The fourth-order valence-corrected chi connectivity index (χ4v) is 6.82. The Morgan fingerprint density at radius 1 is 1.33 bits per heavy atom. The Bertz CT molecular complexity index is 853. The summed E-state index contributed by atoms with van der Waals surface area (Å²) in [5.74, 6) is -0.370. The largest absolute Gasteiger partial charge is 0.372 e. The van der Waals surface area contributed by atoms with Gasteiger partial charge in [0.15, 0.2) is 0 Å². The van der Waals surface area contributed by atoms with Gasteiger partial charge in [-0.1, -0.05) is 32.0 Å². The number of hydrogen-bond acceptors (Lipinski definition) is 4. The number of ketones is 1. The van der Waals surface area contributed by atoms with Gasteiger partial charge in [0.05, 0.1) is 5.75 Å². The van der Waals surface area contributed by atoms with Crippen molar-refractivity contribution >= 4 is 15.8 Å². The summed E-state index contributed by atoms with van der Waals surface area (Å²) in [6, 6.07) is 6.15. The Morgan fingerprint density at radius 3 is 2.52 bits per heavy atom. The van der Waals surface area contributed by atoms with E-state index in [-0.39, 0.29) is 35.0 Å². The molecule has 0 spiro atoms. The van der Waals surface area contributed by atoms with Gasteiger partial charge in [-0.25, -0.2) is 17.5 Å². The molecule has 0 aromatic heterocycles. The number of ether oxygens (including phenoxy) is 1. The predicted octanol–water partition coefficient (Wildman–Crippen LogP) is 3.00. The van der Waals surface area contributed by atoms with Crippen molar-refractivity contribution in [1.29, 1.82) is 0 Å². The van der Waals surface area contributed by atoms with Gasteiger partial charge in [-0.3, -0.25) is 4.79 Å². The van der Waals surface area contributed by atoms with Gasteiger partial charge in [-0.15, -0.1) is 0 Å². The van der Waals surface area contributed by atoms with Crippen molar-refractivity contribution in [2.24, 2.45) is 16.7 Å². The van der Waals surface area contributed by atoms with Crippen LogP contribution >= 0.6 is 0 Å². The highest BCUT2D eigenvalue weighted by atomic mass is 32.2. The van der Waals surface area contributed by atoms with E-state index in [1.807, 2.05) is 13.8 Å². The van der Waals surface area contributed by atoms with Gasteiger partial charge in [0.1, 0.15) is 17.2 Å². The smallest absolute Gasteiger partial charge is 0.212 e. The average Bonchev–Trinajstić information content (AvgIpc) is 2.94. The third-order valence-electron chi connectivity index (χ3n) is 7.10. The van der Waals surface area contributed by atoms with Crippen LogP contribution in [-0.4, -0.2) is 33.6 Å². The lowest BCUT2D eigenvalue weighted by molar-refractivity contribution is -0.128. The lowest BCUT2D eigenvalue weighted by Crippen LogP contribution is -2.48. The second kappa shape index (κ2) is 6.64. The molecule has 2 fully saturated rings. The van der Waals surface area contributed by atoms with Gasteiger partial charge < -0.3 is 4.74 Å². The van der Waals surface area contributed by atoms with Crippen molar-refractivity contribution < 1.29 is 22.3 Å². The number of hydrogen-bond donors (Lipinski definition) is 1. The Balaban J connectivity index is 1.79. The van der Waals surface area contributed by atoms with Crippen LogP contribution in [0.2, 0.25) is 0 Å². The molecule has 27 heavy (non-hydrogen) atoms. The summed E-state index contributed by atoms with van der Waals surface area (Å²) in [5, 5.41) is 0. The Morgan fingerprint density at radius 2 is 2.00 bits per heavy atom. The molecule has 1 N–H and O–H groups in total. The monoisotopic (exact) mass is 397 g/mol. The second-order valence-electron chi connectivity index (χ2n) is 8.66. The van der Waals surface area contributed by atoms with Gasteiger partial charge in [-0.05, 0) is 37.2 Å². The molecule has 2 saturated carbocycles. The van der Waals surface area contributed by atoms with E-state index in [1.165, 1.54) is 13.2 Å². The molecule has 0 saturated heterocycles. The van der Waals surface area contributed by atoms with Crippen molar-refractivity contribution in [1.82, 2.24) is 4.72 Å². The van der Waals surface area contributed by atoms with Crippen molar-refractivity contribution in [3.63, 3.8) is 0 Å². The third-order valence-corrected chi connectivity index (χ3v) is 8.56. The van der Waals surface area contributed by atoms with E-state index in [4.69, 9.17) is 4.74 Å². The molecule has 2 aliphatic carbocycles. The van der Waals surface area contributed by atoms with Crippen molar-refractivity contribution in [3.05, 3.63) is 35.6 Å². The van der Waals surface area contributed by atoms with Crippen molar-refractivity contribution in [3.8, 4) is 0 Å². The molecule has 1 aromatic rings. The fraction of sp³-hybridized carbons (Fsp3) is 0.650. The topological polar surface area (TPSA) is 72.5 Å². The highest BCUT2D eigenvalue weighted by Gasteiger charge is 2.65. The lowest BCUT2D eigenvalue weighted by Gasteiger charge is -2.36. The lowest BCUT2D eigenvalue weighted by atomic mass is 9.70. The molecule has 1 aromatic carbocycles. The summed E-state index contributed by atoms with van der Waals surface area (Å²) in [5.41, 5.74) is -2.02. The Kier molecular flexibility index (Phi) is 5.02. The summed E-state index contributed by atoms with van der Waals surface area (Å²) in [6.45, 7) is 5.54. The molecule has 7 heteroatoms. The van der Waals surface area contributed by atoms with Gasteiger partial charge >= 0.3 is 0 Å². The zero-order chi connectivity index (χ0) is 20.1. The Labute approximate surface area is 160 Å². The third kappa shape index (κ3) is 3.23. The SMILES string of the molecule is CO[C@@](C)(CNS(=O)(=O)C[C@@]12CC[C@H](CC1=O)C2(C)C)c1ccccc1F. The number of Topliss-reactive ketones (excluding diaryl/α,β-unsaturated/α-hetero) is 1. The molecule has 0 unspecified atom stereocenters. The van der Waals surface area contributed by atoms with Crippen LogP contribution in [-0.2, 0) is 25.2 Å². The van der Waals surface area contributed by atoms with Crippen LogP contribution in [0.25, 0.3) is 0 Å². The standard InChI is InChI=1S/C20H28FNO4S/c1-18(2)14-9-10-20(18,17(23)11-14)13-27(24,25)22-12-19(3,26-4)15-7-5-6-8-16(15)21/h5-8,14,22H,9-13H2,1-4H3/t14-,19+,20+/m1/s1. The molecule has 150 valence electrons. The van der Waals surface area contributed by atoms with Crippen molar-refractivity contribution in [2.75, 3.05) is 19.4 Å². The zero-order valence-electron chi connectivity index (χ0n) is 16.3. The van der Waals surface area contributed by atoms with Gasteiger partial charge in [0, 0.05) is 31.1 Å². The Hall–Kier alpha value is -1.31. The van der Waals surface area contributed by atoms with E-state index < -0.39 is 26.9 Å². The molecule has 0 amide bonds. The number of carbonyl (C=O) groups is 1. The molecule has 3 rings (SSSR count). The van der Waals surface area contributed by atoms with E-state index >= 15 is 0 Å². The number of rotatable bonds is 7. The summed E-state index contributed by atoms with van der Waals surface area (Å²) in [6.07, 6.45) is 1.96. The average molecular weight is 398 g/mol. The number of methoxy groups -OCH3 is 1. The van der Waals surface area contributed by atoms with E-state index in [0.29, 0.717) is 12.8 Å². The first kappa shape index (κ1) is 20.4. The molecule has 2 aliphatic rings. The number of nitrogens with one attached hydrogen (secondary N) is 1. The van der Waals surface area contributed by atoms with Crippen LogP contribution in [0.4, 0.5) is 4.39 Å². The quantitative estimate of drug-likeness (QED) is 0.768. The van der Waals surface area contributed by atoms with Crippen LogP contribution in [0.15, 0.2) is 24.3 Å². The molecule has 5 nitrogen and oxygen atoms in total. The summed E-state index contributed by atoms with van der Waals surface area (Å²) in [4.78, 5) is 12.6. The number of benzene rings is 1. The molecular weight excluding hydrogens is 369 g/mol. The van der Waals surface area contributed by atoms with Crippen LogP contribution in [0.5, 0.6) is 0 Å². The van der Waals surface area contributed by atoms with E-state index in [1.54, 1.807) is 25.1 Å². The van der Waals surface area contributed by atoms with Crippen molar-refractivity contribution in [2.45, 2.75) is 45.6 Å². The number of sulfonamides is 1. The predicted molar refractivity (Wildman–Crippen MR) is 101 cm³/mol. The van der Waals surface area contributed by atoms with Gasteiger partial charge in [0.2, 0.25) is 10.0 Å². The maximum absolute atomic E-state index is 14.2.